The molecule has 2 aromatic carbocycles. The number of benzene rings is 2. The molecule has 1 aliphatic heterocycles. The highest BCUT2D eigenvalue weighted by Gasteiger charge is 2.33. The van der Waals surface area contributed by atoms with Crippen LogP contribution in [0.3, 0.4) is 0 Å². The standard InChI is InChI=1S/C35H48N8O7/c1-21(2)16-25(31(37)46)40-30(45)20-39-32(47)26(17-22-10-5-3-6-11-22)41-35(50)28(19-29(36)44)43-34(49)27(18-23-12-7-4-8-13-23)42-33(48)24-14-9-15-38-24/h3-8,10-13,21,24-28,38H,9,14-20H2,1-2H3,(H2,36,44)(H2,37,46)(H,39,47)(H,40,45)(H,41,50)(H,42,48)(H,43,49)/t24-,25-,26-,27-,28-/m0/s1. The minimum Gasteiger partial charge on any atom is -0.370 e. The summed E-state index contributed by atoms with van der Waals surface area (Å²) in [5.41, 5.74) is 12.3. The van der Waals surface area contributed by atoms with Crippen LogP contribution in [-0.4, -0.2) is 84.6 Å². The Morgan fingerprint density at radius 3 is 1.76 bits per heavy atom. The molecule has 15 nitrogen and oxygen atoms in total. The monoisotopic (exact) mass is 692 g/mol. The van der Waals surface area contributed by atoms with Gasteiger partial charge in [-0.15, -0.1) is 0 Å². The summed E-state index contributed by atoms with van der Waals surface area (Å²) >= 11 is 0. The second kappa shape index (κ2) is 19.6. The SMILES string of the molecule is CC(C)C[C@H](NC(=O)CNC(=O)[C@H](Cc1ccccc1)NC(=O)[C@H](CC(N)=O)NC(=O)[C@H](Cc1ccccc1)NC(=O)[C@@H]1CCCN1)C(N)=O. The summed E-state index contributed by atoms with van der Waals surface area (Å²) in [5, 5.41) is 16.0. The molecule has 0 unspecified atom stereocenters. The van der Waals surface area contributed by atoms with Crippen molar-refractivity contribution in [3.63, 3.8) is 0 Å². The van der Waals surface area contributed by atoms with Gasteiger partial charge in [-0.05, 0) is 42.9 Å². The predicted octanol–water partition coefficient (Wildman–Crippen LogP) is -1.31. The van der Waals surface area contributed by atoms with E-state index in [9.17, 15) is 33.6 Å². The number of hydrogen-bond acceptors (Lipinski definition) is 8. The van der Waals surface area contributed by atoms with Crippen molar-refractivity contribution in [1.29, 1.82) is 0 Å². The molecular formula is C35H48N8O7. The molecule has 3 rings (SSSR count). The predicted molar refractivity (Wildman–Crippen MR) is 185 cm³/mol. The fraction of sp³-hybridized carbons (Fsp3) is 0.457. The van der Waals surface area contributed by atoms with Gasteiger partial charge in [0.2, 0.25) is 41.4 Å². The summed E-state index contributed by atoms with van der Waals surface area (Å²) in [6.07, 6.45) is 1.22. The van der Waals surface area contributed by atoms with E-state index in [0.29, 0.717) is 24.9 Å². The molecule has 5 atom stereocenters. The third-order valence-corrected chi connectivity index (χ3v) is 8.06. The molecule has 10 N–H and O–H groups in total. The number of nitrogens with two attached hydrogens (primary N) is 2. The fourth-order valence-electron chi connectivity index (χ4n) is 5.51. The van der Waals surface area contributed by atoms with E-state index in [1.54, 1.807) is 54.6 Å². The van der Waals surface area contributed by atoms with Crippen LogP contribution in [0.1, 0.15) is 50.7 Å². The van der Waals surface area contributed by atoms with E-state index in [2.05, 4.69) is 31.9 Å². The maximum Gasteiger partial charge on any atom is 0.243 e. The lowest BCUT2D eigenvalue weighted by molar-refractivity contribution is -0.135. The summed E-state index contributed by atoms with van der Waals surface area (Å²) in [4.78, 5) is 90.1. The maximum atomic E-state index is 13.7. The topological polar surface area (TPSA) is 244 Å². The zero-order chi connectivity index (χ0) is 36.6. The first kappa shape index (κ1) is 39.1. The molecule has 0 bridgehead atoms. The van der Waals surface area contributed by atoms with Gasteiger partial charge in [0.05, 0.1) is 19.0 Å². The molecule has 1 heterocycles. The number of primary amides is 2. The molecule has 50 heavy (non-hydrogen) atoms. The van der Waals surface area contributed by atoms with Crippen molar-refractivity contribution in [1.82, 2.24) is 31.9 Å². The van der Waals surface area contributed by atoms with E-state index in [0.717, 1.165) is 12.0 Å². The summed E-state index contributed by atoms with van der Waals surface area (Å²) in [6, 6.07) is 12.5. The molecule has 0 radical (unpaired) electrons. The second-order valence-electron chi connectivity index (χ2n) is 12.8. The van der Waals surface area contributed by atoms with Gasteiger partial charge < -0.3 is 43.4 Å². The Morgan fingerprint density at radius 1 is 0.720 bits per heavy atom. The van der Waals surface area contributed by atoms with Gasteiger partial charge in [0.15, 0.2) is 0 Å². The minimum absolute atomic E-state index is 0.00436. The lowest BCUT2D eigenvalue weighted by atomic mass is 10.0. The Labute approximate surface area is 291 Å². The number of carbonyl (C=O) groups is 7. The van der Waals surface area contributed by atoms with Crippen molar-refractivity contribution < 1.29 is 33.6 Å². The van der Waals surface area contributed by atoms with Gasteiger partial charge in [0, 0.05) is 12.8 Å². The van der Waals surface area contributed by atoms with Crippen LogP contribution in [0.4, 0.5) is 0 Å². The number of carbonyl (C=O) groups excluding carboxylic acids is 7. The van der Waals surface area contributed by atoms with E-state index in [1.807, 2.05) is 19.9 Å². The lowest BCUT2D eigenvalue weighted by Crippen LogP contribution is -2.59. The molecule has 0 saturated carbocycles. The van der Waals surface area contributed by atoms with Gasteiger partial charge in [0.1, 0.15) is 24.2 Å². The Morgan fingerprint density at radius 2 is 1.26 bits per heavy atom. The molecule has 270 valence electrons. The Hall–Kier alpha value is -5.31. The molecule has 15 heteroatoms. The number of hydrogen-bond donors (Lipinski definition) is 8. The van der Waals surface area contributed by atoms with Gasteiger partial charge >= 0.3 is 0 Å². The third kappa shape index (κ3) is 13.3. The largest absolute Gasteiger partial charge is 0.370 e. The number of nitrogens with one attached hydrogen (secondary N) is 6. The third-order valence-electron chi connectivity index (χ3n) is 8.06. The van der Waals surface area contributed by atoms with Crippen molar-refractivity contribution >= 4 is 41.4 Å². The summed E-state index contributed by atoms with van der Waals surface area (Å²) in [6.45, 7) is 3.88. The van der Waals surface area contributed by atoms with Gasteiger partial charge in [-0.1, -0.05) is 74.5 Å². The quantitative estimate of drug-likeness (QED) is 0.0876. The molecule has 0 spiro atoms. The molecular weight excluding hydrogens is 644 g/mol. The lowest BCUT2D eigenvalue weighted by Gasteiger charge is -2.26. The first-order chi connectivity index (χ1) is 23.8. The van der Waals surface area contributed by atoms with Gasteiger partial charge in [-0.3, -0.25) is 33.6 Å². The second-order valence-corrected chi connectivity index (χ2v) is 12.8. The van der Waals surface area contributed by atoms with E-state index in [1.165, 1.54) is 0 Å². The highest BCUT2D eigenvalue weighted by Crippen LogP contribution is 2.10. The van der Waals surface area contributed by atoms with Crippen molar-refractivity contribution in [2.45, 2.75) is 82.6 Å². The maximum absolute atomic E-state index is 13.7. The van der Waals surface area contributed by atoms with Crippen LogP contribution in [0.25, 0.3) is 0 Å². The van der Waals surface area contributed by atoms with E-state index in [-0.39, 0.29) is 24.7 Å². The molecule has 0 aromatic heterocycles. The Balaban J connectivity index is 1.76. The van der Waals surface area contributed by atoms with Crippen molar-refractivity contribution in [2.24, 2.45) is 17.4 Å². The highest BCUT2D eigenvalue weighted by molar-refractivity contribution is 5.97. The van der Waals surface area contributed by atoms with Gasteiger partial charge in [0.25, 0.3) is 0 Å². The molecule has 0 aliphatic carbocycles. The molecule has 2 aromatic rings. The summed E-state index contributed by atoms with van der Waals surface area (Å²) in [5.74, 6) is -4.92. The average Bonchev–Trinajstić information content (AvgIpc) is 3.62. The van der Waals surface area contributed by atoms with Gasteiger partial charge in [-0.2, -0.15) is 0 Å². The van der Waals surface area contributed by atoms with Crippen molar-refractivity contribution in [3.05, 3.63) is 71.8 Å². The zero-order valence-electron chi connectivity index (χ0n) is 28.4. The van der Waals surface area contributed by atoms with Crippen molar-refractivity contribution in [2.75, 3.05) is 13.1 Å². The van der Waals surface area contributed by atoms with E-state index < -0.39 is 78.6 Å². The molecule has 1 fully saturated rings. The van der Waals surface area contributed by atoms with E-state index >= 15 is 0 Å². The normalized spacial score (nSPS) is 16.3. The average molecular weight is 693 g/mol. The first-order valence-corrected chi connectivity index (χ1v) is 16.7. The smallest absolute Gasteiger partial charge is 0.243 e. The van der Waals surface area contributed by atoms with Crippen molar-refractivity contribution in [3.8, 4) is 0 Å². The van der Waals surface area contributed by atoms with Crippen LogP contribution in [-0.2, 0) is 46.4 Å². The molecule has 7 amide bonds. The Bertz CT molecular complexity index is 1480. The first-order valence-electron chi connectivity index (χ1n) is 16.7. The summed E-state index contributed by atoms with van der Waals surface area (Å²) < 4.78 is 0. The zero-order valence-corrected chi connectivity index (χ0v) is 28.4. The number of rotatable bonds is 19. The van der Waals surface area contributed by atoms with Crippen LogP contribution in [0.15, 0.2) is 60.7 Å². The van der Waals surface area contributed by atoms with Crippen LogP contribution < -0.4 is 43.4 Å². The van der Waals surface area contributed by atoms with E-state index in [4.69, 9.17) is 11.5 Å². The fourth-order valence-corrected chi connectivity index (χ4v) is 5.51. The highest BCUT2D eigenvalue weighted by atomic mass is 16.2. The van der Waals surface area contributed by atoms with Crippen LogP contribution in [0.5, 0.6) is 0 Å². The Kier molecular flexibility index (Phi) is 15.4. The van der Waals surface area contributed by atoms with Gasteiger partial charge in [-0.25, -0.2) is 0 Å². The summed E-state index contributed by atoms with van der Waals surface area (Å²) in [7, 11) is 0. The molecule has 1 saturated heterocycles. The number of amides is 7. The molecule has 1 aliphatic rings. The van der Waals surface area contributed by atoms with Crippen LogP contribution in [0, 0.1) is 5.92 Å². The minimum atomic E-state index is -1.50. The van der Waals surface area contributed by atoms with Crippen LogP contribution >= 0.6 is 0 Å². The van der Waals surface area contributed by atoms with Crippen LogP contribution in [0.2, 0.25) is 0 Å².